The van der Waals surface area contributed by atoms with Crippen molar-refractivity contribution in [3.05, 3.63) is 65.4 Å². The minimum atomic E-state index is 0.532. The van der Waals surface area contributed by atoms with Crippen molar-refractivity contribution in [2.24, 2.45) is 5.10 Å². The third kappa shape index (κ3) is 2.49. The fourth-order valence-corrected chi connectivity index (χ4v) is 2.51. The molecule has 0 aliphatic carbocycles. The van der Waals surface area contributed by atoms with E-state index >= 15 is 0 Å². The van der Waals surface area contributed by atoms with Crippen LogP contribution in [0.4, 0.5) is 5.82 Å². The Morgan fingerprint density at radius 1 is 1.09 bits per heavy atom. The highest BCUT2D eigenvalue weighted by molar-refractivity contribution is 6.33. The summed E-state index contributed by atoms with van der Waals surface area (Å²) in [5, 5.41) is 12.9. The Morgan fingerprint density at radius 2 is 1.91 bits per heavy atom. The maximum absolute atomic E-state index is 6.10. The molecule has 0 unspecified atom stereocenters. The number of fused-ring (bicyclic) bond motifs is 3. The molecule has 0 spiro atoms. The van der Waals surface area contributed by atoms with E-state index in [1.54, 1.807) is 12.5 Å². The van der Waals surface area contributed by atoms with Crippen LogP contribution >= 0.6 is 11.6 Å². The summed E-state index contributed by atoms with van der Waals surface area (Å²) < 4.78 is 1.87. The van der Waals surface area contributed by atoms with Gasteiger partial charge in [0.05, 0.1) is 17.2 Å². The molecule has 0 radical (unpaired) electrons. The summed E-state index contributed by atoms with van der Waals surface area (Å²) in [5.74, 6) is 0.532. The summed E-state index contributed by atoms with van der Waals surface area (Å²) in [5.41, 5.74) is 6.12. The minimum absolute atomic E-state index is 0.532. The molecule has 0 saturated carbocycles. The lowest BCUT2D eigenvalue weighted by atomic mass is 10.2. The molecule has 4 rings (SSSR count). The molecule has 0 aliphatic heterocycles. The van der Waals surface area contributed by atoms with Gasteiger partial charge in [0, 0.05) is 10.6 Å². The second-order valence-corrected chi connectivity index (χ2v) is 5.27. The zero-order valence-corrected chi connectivity index (χ0v) is 12.6. The van der Waals surface area contributed by atoms with E-state index in [9.17, 15) is 0 Å². The van der Waals surface area contributed by atoms with E-state index in [1.807, 2.05) is 52.9 Å². The molecule has 0 atom stereocenters. The van der Waals surface area contributed by atoms with Crippen LogP contribution < -0.4 is 5.43 Å². The Hall–Kier alpha value is -2.99. The van der Waals surface area contributed by atoms with Gasteiger partial charge in [0.15, 0.2) is 5.82 Å². The lowest BCUT2D eigenvalue weighted by Gasteiger charge is -2.05. The van der Waals surface area contributed by atoms with E-state index < -0.39 is 0 Å². The lowest BCUT2D eigenvalue weighted by molar-refractivity contribution is 1.11. The molecule has 2 heterocycles. The highest BCUT2D eigenvalue weighted by Crippen LogP contribution is 2.19. The van der Waals surface area contributed by atoms with Crippen molar-refractivity contribution in [1.29, 1.82) is 0 Å². The van der Waals surface area contributed by atoms with Gasteiger partial charge in [0.1, 0.15) is 6.33 Å². The smallest absolute Gasteiger partial charge is 0.205 e. The highest BCUT2D eigenvalue weighted by atomic mass is 35.5. The molecule has 7 heteroatoms. The third-order valence-electron chi connectivity index (χ3n) is 3.41. The highest BCUT2D eigenvalue weighted by Gasteiger charge is 2.09. The standard InChI is InChI=1S/C16H11ClN6/c17-12-6-2-1-5-11(12)9-18-21-15-16-22-19-10-23(16)14-8-4-3-7-13(14)20-15/h1-10H,(H,20,21)/b18-9-. The first-order chi connectivity index (χ1) is 11.3. The zero-order valence-electron chi connectivity index (χ0n) is 11.9. The number of benzene rings is 2. The van der Waals surface area contributed by atoms with Crippen LogP contribution in [0.5, 0.6) is 0 Å². The topological polar surface area (TPSA) is 67.5 Å². The van der Waals surface area contributed by atoms with Gasteiger partial charge in [0.25, 0.3) is 0 Å². The van der Waals surface area contributed by atoms with Gasteiger partial charge in [-0.25, -0.2) is 4.98 Å². The van der Waals surface area contributed by atoms with Crippen molar-refractivity contribution in [3.8, 4) is 0 Å². The molecule has 2 aromatic heterocycles. The molecule has 0 fully saturated rings. The van der Waals surface area contributed by atoms with Gasteiger partial charge >= 0.3 is 0 Å². The zero-order chi connectivity index (χ0) is 15.6. The molecule has 0 amide bonds. The summed E-state index contributed by atoms with van der Waals surface area (Å²) in [6, 6.07) is 15.2. The number of anilines is 1. The van der Waals surface area contributed by atoms with Crippen LogP contribution in [0.3, 0.4) is 0 Å². The van der Waals surface area contributed by atoms with E-state index in [4.69, 9.17) is 11.6 Å². The van der Waals surface area contributed by atoms with Crippen LogP contribution in [-0.4, -0.2) is 25.8 Å². The van der Waals surface area contributed by atoms with Crippen molar-refractivity contribution < 1.29 is 0 Å². The van der Waals surface area contributed by atoms with Gasteiger partial charge in [-0.2, -0.15) is 5.10 Å². The van der Waals surface area contributed by atoms with Gasteiger partial charge in [-0.3, -0.25) is 9.83 Å². The van der Waals surface area contributed by atoms with Crippen molar-refractivity contribution in [3.63, 3.8) is 0 Å². The monoisotopic (exact) mass is 322 g/mol. The molecule has 0 saturated heterocycles. The predicted octanol–water partition coefficient (Wildman–Crippen LogP) is 3.38. The number of aromatic nitrogens is 4. The molecule has 1 N–H and O–H groups in total. The number of para-hydroxylation sites is 2. The van der Waals surface area contributed by atoms with E-state index in [1.165, 1.54) is 0 Å². The summed E-state index contributed by atoms with van der Waals surface area (Å²) in [7, 11) is 0. The quantitative estimate of drug-likeness (QED) is 0.464. The fraction of sp³-hybridized carbons (Fsp3) is 0. The van der Waals surface area contributed by atoms with Crippen LogP contribution in [0.15, 0.2) is 60.0 Å². The number of hydrogen-bond acceptors (Lipinski definition) is 5. The van der Waals surface area contributed by atoms with Crippen LogP contribution in [0.1, 0.15) is 5.56 Å². The molecule has 6 nitrogen and oxygen atoms in total. The SMILES string of the molecule is Clc1ccccc1/C=N\Nc1nc2ccccc2n2cnnc12. The van der Waals surface area contributed by atoms with Gasteiger partial charge in [-0.1, -0.05) is 41.9 Å². The Kier molecular flexibility index (Phi) is 3.36. The molecular weight excluding hydrogens is 312 g/mol. The van der Waals surface area contributed by atoms with Crippen LogP contribution in [0.2, 0.25) is 5.02 Å². The van der Waals surface area contributed by atoms with Gasteiger partial charge in [-0.15, -0.1) is 10.2 Å². The Bertz CT molecular complexity index is 1020. The van der Waals surface area contributed by atoms with E-state index in [-0.39, 0.29) is 0 Å². The number of hydrogen-bond donors (Lipinski definition) is 1. The Morgan fingerprint density at radius 3 is 2.83 bits per heavy atom. The maximum Gasteiger partial charge on any atom is 0.205 e. The molecule has 112 valence electrons. The molecular formula is C16H11ClN6. The molecule has 4 aromatic rings. The largest absolute Gasteiger partial charge is 0.277 e. The van der Waals surface area contributed by atoms with E-state index in [0.717, 1.165) is 16.6 Å². The number of nitrogens with zero attached hydrogens (tertiary/aromatic N) is 5. The van der Waals surface area contributed by atoms with Crippen molar-refractivity contribution in [2.45, 2.75) is 0 Å². The second-order valence-electron chi connectivity index (χ2n) is 4.87. The molecule has 23 heavy (non-hydrogen) atoms. The van der Waals surface area contributed by atoms with E-state index in [2.05, 4.69) is 25.7 Å². The molecule has 0 aliphatic rings. The normalized spacial score (nSPS) is 11.5. The summed E-state index contributed by atoms with van der Waals surface area (Å²) in [6.45, 7) is 0. The average molecular weight is 323 g/mol. The van der Waals surface area contributed by atoms with Crippen molar-refractivity contribution in [2.75, 3.05) is 5.43 Å². The number of halogens is 1. The summed E-state index contributed by atoms with van der Waals surface area (Å²) >= 11 is 6.10. The Labute approximate surface area is 136 Å². The Balaban J connectivity index is 1.73. The number of hydrazone groups is 1. The van der Waals surface area contributed by atoms with Crippen molar-refractivity contribution in [1.82, 2.24) is 19.6 Å². The third-order valence-corrected chi connectivity index (χ3v) is 3.76. The summed E-state index contributed by atoms with van der Waals surface area (Å²) in [4.78, 5) is 4.55. The van der Waals surface area contributed by atoms with Gasteiger partial charge in [0.2, 0.25) is 5.65 Å². The van der Waals surface area contributed by atoms with Crippen molar-refractivity contribution >= 4 is 40.3 Å². The van der Waals surface area contributed by atoms with Gasteiger partial charge < -0.3 is 0 Å². The first-order valence-corrected chi connectivity index (χ1v) is 7.33. The molecule has 2 aromatic carbocycles. The van der Waals surface area contributed by atoms with Crippen LogP contribution in [-0.2, 0) is 0 Å². The fourth-order valence-electron chi connectivity index (χ4n) is 2.32. The van der Waals surface area contributed by atoms with Crippen LogP contribution in [0.25, 0.3) is 16.7 Å². The number of nitrogens with one attached hydrogen (secondary N) is 1. The summed E-state index contributed by atoms with van der Waals surface area (Å²) in [6.07, 6.45) is 3.30. The second kappa shape index (κ2) is 5.66. The lowest BCUT2D eigenvalue weighted by Crippen LogP contribution is -1.99. The minimum Gasteiger partial charge on any atom is -0.277 e. The van der Waals surface area contributed by atoms with E-state index in [0.29, 0.717) is 16.5 Å². The molecule has 0 bridgehead atoms. The maximum atomic E-state index is 6.10. The first-order valence-electron chi connectivity index (χ1n) is 6.95. The average Bonchev–Trinajstić information content (AvgIpc) is 3.07. The van der Waals surface area contributed by atoms with Gasteiger partial charge in [-0.05, 0) is 18.2 Å². The number of rotatable bonds is 3. The predicted molar refractivity (Wildman–Crippen MR) is 91.0 cm³/mol. The van der Waals surface area contributed by atoms with Crippen LogP contribution in [0, 0.1) is 0 Å². The first kappa shape index (κ1) is 13.7.